The van der Waals surface area contributed by atoms with Crippen LogP contribution < -0.4 is 10.1 Å². The fourth-order valence-corrected chi connectivity index (χ4v) is 2.89. The highest BCUT2D eigenvalue weighted by Crippen LogP contribution is 2.26. The Morgan fingerprint density at radius 1 is 0.963 bits per heavy atom. The number of halogens is 1. The maximum Gasteiger partial charge on any atom is 0.165 e. The van der Waals surface area contributed by atoms with Crippen molar-refractivity contribution in [1.29, 1.82) is 0 Å². The lowest BCUT2D eigenvalue weighted by molar-refractivity contribution is 0.0976. The molecule has 27 heavy (non-hydrogen) atoms. The van der Waals surface area contributed by atoms with Gasteiger partial charge in [0.15, 0.2) is 5.78 Å². The van der Waals surface area contributed by atoms with Gasteiger partial charge in [-0.1, -0.05) is 30.3 Å². The molecule has 0 spiro atoms. The summed E-state index contributed by atoms with van der Waals surface area (Å²) < 4.78 is 18.6. The van der Waals surface area contributed by atoms with Crippen LogP contribution in [0.4, 0.5) is 10.1 Å². The van der Waals surface area contributed by atoms with E-state index in [2.05, 4.69) is 5.32 Å². The second-order valence-corrected chi connectivity index (χ2v) is 6.20. The minimum absolute atomic E-state index is 0.0442. The molecule has 0 fully saturated rings. The minimum atomic E-state index is -0.350. The second-order valence-electron chi connectivity index (χ2n) is 6.20. The van der Waals surface area contributed by atoms with E-state index in [9.17, 15) is 9.18 Å². The first-order chi connectivity index (χ1) is 13.2. The molecule has 0 saturated heterocycles. The fourth-order valence-electron chi connectivity index (χ4n) is 2.89. The van der Waals surface area contributed by atoms with Crippen LogP contribution in [0.3, 0.4) is 0 Å². The number of para-hydroxylation sites is 1. The van der Waals surface area contributed by atoms with Crippen LogP contribution in [-0.4, -0.2) is 12.4 Å². The lowest BCUT2D eigenvalue weighted by atomic mass is 9.97. The molecule has 138 valence electrons. The summed E-state index contributed by atoms with van der Waals surface area (Å²) in [5, 5.41) is 3.42. The number of rotatable bonds is 8. The summed E-state index contributed by atoms with van der Waals surface area (Å²) >= 11 is 0. The number of nitrogens with one attached hydrogen (secondary N) is 1. The SMILES string of the molecule is CCOc1ccc(C(CC(=O)c2ccc(F)cc2)Nc2ccccc2)cc1. The van der Waals surface area contributed by atoms with Gasteiger partial charge < -0.3 is 10.1 Å². The summed E-state index contributed by atoms with van der Waals surface area (Å²) in [6.07, 6.45) is 0.258. The van der Waals surface area contributed by atoms with Crippen molar-refractivity contribution >= 4 is 11.5 Å². The van der Waals surface area contributed by atoms with Crippen molar-refractivity contribution in [3.8, 4) is 5.75 Å². The normalized spacial score (nSPS) is 11.6. The van der Waals surface area contributed by atoms with Gasteiger partial charge >= 0.3 is 0 Å². The molecule has 0 aromatic heterocycles. The first-order valence-corrected chi connectivity index (χ1v) is 8.99. The zero-order valence-corrected chi connectivity index (χ0v) is 15.2. The van der Waals surface area contributed by atoms with E-state index < -0.39 is 0 Å². The second kappa shape index (κ2) is 8.99. The Morgan fingerprint density at radius 2 is 1.63 bits per heavy atom. The molecule has 3 rings (SSSR count). The number of hydrogen-bond donors (Lipinski definition) is 1. The van der Waals surface area contributed by atoms with E-state index in [4.69, 9.17) is 4.74 Å². The van der Waals surface area contributed by atoms with Crippen LogP contribution >= 0.6 is 0 Å². The first kappa shape index (κ1) is 18.6. The number of Topliss-reactive ketones (excluding diaryl/α,β-unsaturated/α-hetero) is 1. The summed E-state index contributed by atoms with van der Waals surface area (Å²) in [6.45, 7) is 2.54. The highest BCUT2D eigenvalue weighted by molar-refractivity contribution is 5.96. The Labute approximate surface area is 158 Å². The van der Waals surface area contributed by atoms with Crippen LogP contribution in [0.1, 0.15) is 35.3 Å². The molecule has 4 heteroatoms. The molecule has 1 atom stereocenters. The van der Waals surface area contributed by atoms with E-state index in [0.29, 0.717) is 12.2 Å². The van der Waals surface area contributed by atoms with Gasteiger partial charge in [0.2, 0.25) is 0 Å². The van der Waals surface area contributed by atoms with E-state index in [1.54, 1.807) is 0 Å². The molecule has 1 unspecified atom stereocenters. The van der Waals surface area contributed by atoms with Crippen molar-refractivity contribution in [3.63, 3.8) is 0 Å². The van der Waals surface area contributed by atoms with Crippen LogP contribution in [0, 0.1) is 5.82 Å². The number of carbonyl (C=O) groups excluding carboxylic acids is 1. The molecular formula is C23H22FNO2. The van der Waals surface area contributed by atoms with E-state index in [1.807, 2.05) is 61.5 Å². The van der Waals surface area contributed by atoms with Gasteiger partial charge in [0.25, 0.3) is 0 Å². The van der Waals surface area contributed by atoms with Gasteiger partial charge in [0.05, 0.1) is 12.6 Å². The van der Waals surface area contributed by atoms with E-state index in [0.717, 1.165) is 17.0 Å². The Kier molecular flexibility index (Phi) is 6.21. The van der Waals surface area contributed by atoms with Gasteiger partial charge in [0.1, 0.15) is 11.6 Å². The number of anilines is 1. The Bertz CT molecular complexity index is 861. The molecule has 3 aromatic rings. The summed E-state index contributed by atoms with van der Waals surface area (Å²) in [4.78, 5) is 12.7. The third-order valence-electron chi connectivity index (χ3n) is 4.26. The average molecular weight is 363 g/mol. The standard InChI is InChI=1S/C23H22FNO2/c1-2-27-21-14-10-17(11-15-21)22(25-20-6-4-3-5-7-20)16-23(26)18-8-12-19(24)13-9-18/h3-15,22,25H,2,16H2,1H3. The summed E-state index contributed by atoms with van der Waals surface area (Å²) in [6, 6.07) is 22.9. The number of ketones is 1. The zero-order chi connectivity index (χ0) is 19.1. The molecular weight excluding hydrogens is 341 g/mol. The van der Waals surface area contributed by atoms with Crippen LogP contribution in [0.15, 0.2) is 78.9 Å². The highest BCUT2D eigenvalue weighted by atomic mass is 19.1. The molecule has 0 amide bonds. The molecule has 0 aliphatic rings. The summed E-state index contributed by atoms with van der Waals surface area (Å²) in [7, 11) is 0. The van der Waals surface area contributed by atoms with E-state index in [-0.39, 0.29) is 24.1 Å². The smallest absolute Gasteiger partial charge is 0.165 e. The molecule has 0 aliphatic carbocycles. The van der Waals surface area contributed by atoms with Crippen LogP contribution in [-0.2, 0) is 0 Å². The van der Waals surface area contributed by atoms with Crippen molar-refractivity contribution in [2.45, 2.75) is 19.4 Å². The monoisotopic (exact) mass is 363 g/mol. The molecule has 0 saturated carbocycles. The average Bonchev–Trinajstić information content (AvgIpc) is 2.69. The van der Waals surface area contributed by atoms with Crippen LogP contribution in [0.25, 0.3) is 0 Å². The highest BCUT2D eigenvalue weighted by Gasteiger charge is 2.17. The van der Waals surface area contributed by atoms with Gasteiger partial charge in [-0.15, -0.1) is 0 Å². The van der Waals surface area contributed by atoms with Crippen molar-refractivity contribution in [2.24, 2.45) is 0 Å². The quantitative estimate of drug-likeness (QED) is 0.526. The number of ether oxygens (including phenoxy) is 1. The van der Waals surface area contributed by atoms with Gasteiger partial charge in [-0.25, -0.2) is 4.39 Å². The summed E-state index contributed by atoms with van der Waals surface area (Å²) in [5.41, 5.74) is 2.42. The zero-order valence-electron chi connectivity index (χ0n) is 15.2. The van der Waals surface area contributed by atoms with Crippen molar-refractivity contribution in [2.75, 3.05) is 11.9 Å². The number of benzene rings is 3. The third kappa shape index (κ3) is 5.17. The van der Waals surface area contributed by atoms with Crippen molar-refractivity contribution < 1.29 is 13.9 Å². The van der Waals surface area contributed by atoms with Crippen molar-refractivity contribution in [3.05, 3.63) is 95.8 Å². The molecule has 3 aromatic carbocycles. The Morgan fingerprint density at radius 3 is 2.26 bits per heavy atom. The van der Waals surface area contributed by atoms with Gasteiger partial charge in [-0.3, -0.25) is 4.79 Å². The van der Waals surface area contributed by atoms with Crippen molar-refractivity contribution in [1.82, 2.24) is 0 Å². The summed E-state index contributed by atoms with van der Waals surface area (Å²) in [5.74, 6) is 0.402. The van der Waals surface area contributed by atoms with E-state index >= 15 is 0 Å². The lowest BCUT2D eigenvalue weighted by Crippen LogP contribution is -2.16. The molecule has 3 nitrogen and oxygen atoms in total. The van der Waals surface area contributed by atoms with Gasteiger partial charge in [-0.05, 0) is 61.0 Å². The van der Waals surface area contributed by atoms with Crippen LogP contribution in [0.2, 0.25) is 0 Å². The topological polar surface area (TPSA) is 38.3 Å². The molecule has 1 N–H and O–H groups in total. The number of carbonyl (C=O) groups is 1. The van der Waals surface area contributed by atoms with Gasteiger partial charge in [0, 0.05) is 17.7 Å². The molecule has 0 heterocycles. The minimum Gasteiger partial charge on any atom is -0.494 e. The molecule has 0 radical (unpaired) electrons. The Balaban J connectivity index is 1.82. The van der Waals surface area contributed by atoms with Gasteiger partial charge in [-0.2, -0.15) is 0 Å². The van der Waals surface area contributed by atoms with Crippen LogP contribution in [0.5, 0.6) is 5.75 Å². The molecule has 0 aliphatic heterocycles. The molecule has 0 bridgehead atoms. The van der Waals surface area contributed by atoms with E-state index in [1.165, 1.54) is 24.3 Å². The first-order valence-electron chi connectivity index (χ1n) is 8.99. The maximum absolute atomic E-state index is 13.1. The fraction of sp³-hybridized carbons (Fsp3) is 0.174. The predicted molar refractivity (Wildman–Crippen MR) is 106 cm³/mol. The Hall–Kier alpha value is -3.14. The lowest BCUT2D eigenvalue weighted by Gasteiger charge is -2.20. The predicted octanol–water partition coefficient (Wildman–Crippen LogP) is 5.65. The maximum atomic E-state index is 13.1. The third-order valence-corrected chi connectivity index (χ3v) is 4.26. The largest absolute Gasteiger partial charge is 0.494 e. The number of hydrogen-bond acceptors (Lipinski definition) is 3.